The van der Waals surface area contributed by atoms with Crippen molar-refractivity contribution in [1.82, 2.24) is 10.2 Å². The zero-order valence-electron chi connectivity index (χ0n) is 12.6. The number of hydrogen-bond donors (Lipinski definition) is 2. The summed E-state index contributed by atoms with van der Waals surface area (Å²) < 4.78 is 5.26. The molecular weight excluding hydrogens is 244 g/mol. The van der Waals surface area contributed by atoms with Crippen LogP contribution >= 0.6 is 0 Å². The average molecular weight is 272 g/mol. The number of ether oxygens (including phenoxy) is 1. The fourth-order valence-corrected chi connectivity index (χ4v) is 2.16. The normalized spacial score (nSPS) is 20.6. The maximum absolute atomic E-state index is 12.0. The summed E-state index contributed by atoms with van der Waals surface area (Å²) in [6.07, 6.45) is 1.27. The van der Waals surface area contributed by atoms with Crippen molar-refractivity contribution in [3.8, 4) is 0 Å². The zero-order valence-corrected chi connectivity index (χ0v) is 12.6. The van der Waals surface area contributed by atoms with Gasteiger partial charge in [-0.05, 0) is 19.9 Å². The first-order valence-corrected chi connectivity index (χ1v) is 7.12. The zero-order chi connectivity index (χ0) is 14.5. The van der Waals surface area contributed by atoms with Crippen molar-refractivity contribution < 1.29 is 14.6 Å². The highest BCUT2D eigenvalue weighted by molar-refractivity contribution is 5.81. The Bertz CT molecular complexity index is 288. The van der Waals surface area contributed by atoms with Gasteiger partial charge in [-0.15, -0.1) is 0 Å². The van der Waals surface area contributed by atoms with Gasteiger partial charge < -0.3 is 15.2 Å². The molecule has 5 nitrogen and oxygen atoms in total. The van der Waals surface area contributed by atoms with Gasteiger partial charge in [0.15, 0.2) is 0 Å². The van der Waals surface area contributed by atoms with Crippen LogP contribution in [0.3, 0.4) is 0 Å². The Morgan fingerprint density at radius 3 is 2.47 bits per heavy atom. The number of nitrogens with zero attached hydrogens (tertiary/aromatic N) is 1. The molecule has 112 valence electrons. The van der Waals surface area contributed by atoms with E-state index >= 15 is 0 Å². The summed E-state index contributed by atoms with van der Waals surface area (Å²) in [5.41, 5.74) is -0.723. The van der Waals surface area contributed by atoms with E-state index in [0.29, 0.717) is 45.1 Å². The van der Waals surface area contributed by atoms with Gasteiger partial charge in [-0.25, -0.2) is 0 Å². The van der Waals surface area contributed by atoms with Crippen LogP contribution in [0.25, 0.3) is 0 Å². The van der Waals surface area contributed by atoms with Crippen molar-refractivity contribution in [2.45, 2.75) is 45.3 Å². The molecule has 1 aliphatic heterocycles. The predicted molar refractivity (Wildman–Crippen MR) is 74.9 cm³/mol. The van der Waals surface area contributed by atoms with E-state index in [2.05, 4.69) is 19.2 Å². The lowest BCUT2D eigenvalue weighted by molar-refractivity contribution is -0.128. The molecule has 0 aromatic rings. The minimum atomic E-state index is -0.723. The molecule has 0 bridgehead atoms. The van der Waals surface area contributed by atoms with Gasteiger partial charge in [-0.2, -0.15) is 0 Å². The topological polar surface area (TPSA) is 61.8 Å². The largest absolute Gasteiger partial charge is 0.388 e. The molecular formula is C14H28N2O3. The number of amides is 1. The van der Waals surface area contributed by atoms with E-state index in [1.165, 1.54) is 0 Å². The fraction of sp³-hybridized carbons (Fsp3) is 0.929. The number of carbonyl (C=O) groups is 1. The molecule has 1 aliphatic rings. The lowest BCUT2D eigenvalue weighted by Crippen LogP contribution is -2.52. The quantitative estimate of drug-likeness (QED) is 0.744. The van der Waals surface area contributed by atoms with Crippen LogP contribution in [0.5, 0.6) is 0 Å². The molecule has 1 rings (SSSR count). The molecule has 1 unspecified atom stereocenters. The highest BCUT2D eigenvalue weighted by Gasteiger charge is 2.33. The molecule has 0 radical (unpaired) electrons. The van der Waals surface area contributed by atoms with Gasteiger partial charge in [0.25, 0.3) is 0 Å². The minimum absolute atomic E-state index is 0.0202. The molecule has 19 heavy (non-hydrogen) atoms. The molecule has 0 saturated carbocycles. The van der Waals surface area contributed by atoms with Crippen molar-refractivity contribution in [3.63, 3.8) is 0 Å². The summed E-state index contributed by atoms with van der Waals surface area (Å²) in [6.45, 7) is 8.40. The number of rotatable bonds is 6. The van der Waals surface area contributed by atoms with Crippen molar-refractivity contribution in [2.24, 2.45) is 5.92 Å². The lowest BCUT2D eigenvalue weighted by atomic mass is 9.93. The van der Waals surface area contributed by atoms with E-state index in [-0.39, 0.29) is 11.9 Å². The van der Waals surface area contributed by atoms with Crippen LogP contribution in [0.2, 0.25) is 0 Å². The summed E-state index contributed by atoms with van der Waals surface area (Å²) in [6, 6.07) is -0.231. The number of nitrogens with one attached hydrogen (secondary N) is 1. The lowest BCUT2D eigenvalue weighted by Gasteiger charge is -2.37. The molecule has 1 fully saturated rings. The third kappa shape index (κ3) is 5.47. The highest BCUT2D eigenvalue weighted by Crippen LogP contribution is 2.21. The first-order chi connectivity index (χ1) is 8.84. The second-order valence-corrected chi connectivity index (χ2v) is 6.07. The van der Waals surface area contributed by atoms with E-state index in [9.17, 15) is 9.90 Å². The predicted octanol–water partition coefficient (Wildman–Crippen LogP) is 0.620. The van der Waals surface area contributed by atoms with Gasteiger partial charge in [-0.1, -0.05) is 13.8 Å². The van der Waals surface area contributed by atoms with Crippen LogP contribution in [0, 0.1) is 5.92 Å². The van der Waals surface area contributed by atoms with Crippen molar-refractivity contribution in [2.75, 3.05) is 33.4 Å². The van der Waals surface area contributed by atoms with Crippen LogP contribution < -0.4 is 5.32 Å². The third-order valence-electron chi connectivity index (χ3n) is 3.69. The van der Waals surface area contributed by atoms with Crippen molar-refractivity contribution in [1.29, 1.82) is 0 Å². The average Bonchev–Trinajstić information content (AvgIpc) is 2.35. The van der Waals surface area contributed by atoms with Gasteiger partial charge in [0.05, 0.1) is 11.6 Å². The summed E-state index contributed by atoms with van der Waals surface area (Å²) in [5.74, 6) is 0.466. The molecule has 0 aromatic heterocycles. The molecule has 1 atom stereocenters. The number of aliphatic hydroxyl groups is 1. The maximum atomic E-state index is 12.0. The van der Waals surface area contributed by atoms with Crippen LogP contribution in [0.15, 0.2) is 0 Å². The summed E-state index contributed by atoms with van der Waals surface area (Å²) in [4.78, 5) is 13.9. The molecule has 1 heterocycles. The summed E-state index contributed by atoms with van der Waals surface area (Å²) in [7, 11) is 1.88. The van der Waals surface area contributed by atoms with Crippen LogP contribution in [-0.4, -0.2) is 60.9 Å². The van der Waals surface area contributed by atoms with E-state index < -0.39 is 5.60 Å². The van der Waals surface area contributed by atoms with E-state index in [0.717, 1.165) is 0 Å². The molecule has 0 aromatic carbocycles. The minimum Gasteiger partial charge on any atom is -0.388 e. The summed E-state index contributed by atoms with van der Waals surface area (Å²) in [5, 5.41) is 13.4. The second-order valence-electron chi connectivity index (χ2n) is 6.07. The monoisotopic (exact) mass is 272 g/mol. The SMILES string of the molecule is CC(C)CNC(=O)C(C)N(C)CC1(O)CCOCC1. The Labute approximate surface area is 116 Å². The van der Waals surface area contributed by atoms with Crippen molar-refractivity contribution in [3.05, 3.63) is 0 Å². The molecule has 1 amide bonds. The van der Waals surface area contributed by atoms with Gasteiger partial charge in [0.1, 0.15) is 0 Å². The smallest absolute Gasteiger partial charge is 0.237 e. The highest BCUT2D eigenvalue weighted by atomic mass is 16.5. The molecule has 5 heteroatoms. The van der Waals surface area contributed by atoms with Gasteiger partial charge in [-0.3, -0.25) is 9.69 Å². The van der Waals surface area contributed by atoms with Crippen LogP contribution in [0.1, 0.15) is 33.6 Å². The first-order valence-electron chi connectivity index (χ1n) is 7.12. The van der Waals surface area contributed by atoms with E-state index in [1.807, 2.05) is 18.9 Å². The Morgan fingerprint density at radius 2 is 1.95 bits per heavy atom. The molecule has 0 spiro atoms. The van der Waals surface area contributed by atoms with Crippen molar-refractivity contribution >= 4 is 5.91 Å². The number of hydrogen-bond acceptors (Lipinski definition) is 4. The third-order valence-corrected chi connectivity index (χ3v) is 3.69. The standard InChI is InChI=1S/C14H28N2O3/c1-11(2)9-15-13(17)12(3)16(4)10-14(18)5-7-19-8-6-14/h11-12,18H,5-10H2,1-4H3,(H,15,17). The molecule has 1 saturated heterocycles. The van der Waals surface area contributed by atoms with Gasteiger partial charge >= 0.3 is 0 Å². The van der Waals surface area contributed by atoms with E-state index in [4.69, 9.17) is 4.74 Å². The second kappa shape index (κ2) is 7.22. The van der Waals surface area contributed by atoms with Gasteiger partial charge in [0, 0.05) is 39.1 Å². The molecule has 2 N–H and O–H groups in total. The van der Waals surface area contributed by atoms with Crippen LogP contribution in [0.4, 0.5) is 0 Å². The Kier molecular flexibility index (Phi) is 6.23. The van der Waals surface area contributed by atoms with Crippen LogP contribution in [-0.2, 0) is 9.53 Å². The number of carbonyl (C=O) groups excluding carboxylic acids is 1. The first kappa shape index (κ1) is 16.4. The Balaban J connectivity index is 2.42. The Hall–Kier alpha value is -0.650. The Morgan fingerprint density at radius 1 is 1.37 bits per heavy atom. The number of likely N-dealkylation sites (N-methyl/N-ethyl adjacent to an activating group) is 1. The fourth-order valence-electron chi connectivity index (χ4n) is 2.16. The molecule has 0 aliphatic carbocycles. The van der Waals surface area contributed by atoms with Gasteiger partial charge in [0.2, 0.25) is 5.91 Å². The maximum Gasteiger partial charge on any atom is 0.237 e. The summed E-state index contributed by atoms with van der Waals surface area (Å²) >= 11 is 0. The van der Waals surface area contributed by atoms with E-state index in [1.54, 1.807) is 0 Å².